The number of primary amides is 1. The SMILES string of the molecule is Cc1c(Br)c(C(=O)Nc2c(C(N)=O)sc3nc(C(F)(F)F)cc(-c4ccc(F)cc4)c23)nn1C. The lowest BCUT2D eigenvalue weighted by atomic mass is 10.0. The van der Waals surface area contributed by atoms with Crippen molar-refractivity contribution in [2.45, 2.75) is 13.1 Å². The highest BCUT2D eigenvalue weighted by atomic mass is 79.9. The summed E-state index contributed by atoms with van der Waals surface area (Å²) in [5.41, 5.74) is 5.02. The molecule has 13 heteroatoms. The third-order valence-corrected chi connectivity index (χ3v) is 7.09. The van der Waals surface area contributed by atoms with Crippen molar-refractivity contribution in [3.63, 3.8) is 0 Å². The molecule has 3 N–H and O–H groups in total. The molecule has 0 aliphatic rings. The molecule has 0 aliphatic carbocycles. The molecular formula is C21H14BrF4N5O2S. The Hall–Kier alpha value is -3.32. The number of aromatic nitrogens is 3. The zero-order valence-corrected chi connectivity index (χ0v) is 19.8. The third-order valence-electron chi connectivity index (χ3n) is 5.05. The van der Waals surface area contributed by atoms with E-state index in [0.29, 0.717) is 21.5 Å². The van der Waals surface area contributed by atoms with Gasteiger partial charge >= 0.3 is 6.18 Å². The minimum atomic E-state index is -4.79. The van der Waals surface area contributed by atoms with Crippen molar-refractivity contribution in [2.24, 2.45) is 12.8 Å². The van der Waals surface area contributed by atoms with Crippen molar-refractivity contribution in [2.75, 3.05) is 5.32 Å². The molecule has 0 saturated heterocycles. The second kappa shape index (κ2) is 8.47. The highest BCUT2D eigenvalue weighted by Gasteiger charge is 2.35. The third kappa shape index (κ3) is 4.16. The lowest BCUT2D eigenvalue weighted by Crippen LogP contribution is -2.17. The van der Waals surface area contributed by atoms with Crippen molar-refractivity contribution in [3.05, 3.63) is 62.6 Å². The van der Waals surface area contributed by atoms with E-state index < -0.39 is 29.5 Å². The Bertz CT molecular complexity index is 1460. The number of alkyl halides is 3. The number of nitrogens with two attached hydrogens (primary N) is 1. The average Bonchev–Trinajstić information content (AvgIpc) is 3.26. The molecule has 0 radical (unpaired) electrons. The first-order valence-electron chi connectivity index (χ1n) is 9.49. The molecule has 0 aliphatic heterocycles. The van der Waals surface area contributed by atoms with Gasteiger partial charge in [0.15, 0.2) is 5.69 Å². The van der Waals surface area contributed by atoms with Crippen LogP contribution in [0.25, 0.3) is 21.3 Å². The van der Waals surface area contributed by atoms with Crippen LogP contribution in [0.1, 0.15) is 31.5 Å². The van der Waals surface area contributed by atoms with Crippen LogP contribution in [0.3, 0.4) is 0 Å². The van der Waals surface area contributed by atoms with Gasteiger partial charge in [0.25, 0.3) is 11.8 Å². The Kier molecular flexibility index (Phi) is 5.94. The average molecular weight is 556 g/mol. The number of nitrogens with one attached hydrogen (secondary N) is 1. The lowest BCUT2D eigenvalue weighted by molar-refractivity contribution is -0.140. The van der Waals surface area contributed by atoms with Gasteiger partial charge in [0.1, 0.15) is 21.2 Å². The van der Waals surface area contributed by atoms with Gasteiger partial charge in [-0.15, -0.1) is 11.3 Å². The van der Waals surface area contributed by atoms with Crippen LogP contribution >= 0.6 is 27.3 Å². The Morgan fingerprint density at radius 3 is 2.38 bits per heavy atom. The lowest BCUT2D eigenvalue weighted by Gasteiger charge is -2.12. The van der Waals surface area contributed by atoms with Gasteiger partial charge in [-0.3, -0.25) is 14.3 Å². The number of fused-ring (bicyclic) bond motifs is 1. The molecule has 4 aromatic rings. The number of benzene rings is 1. The molecule has 0 bridgehead atoms. The Balaban J connectivity index is 1.99. The van der Waals surface area contributed by atoms with E-state index in [2.05, 4.69) is 31.3 Å². The molecule has 34 heavy (non-hydrogen) atoms. The number of nitrogens with zero attached hydrogens (tertiary/aromatic N) is 3. The number of halogens is 5. The summed E-state index contributed by atoms with van der Waals surface area (Å²) in [5, 5.41) is 6.75. The first kappa shape index (κ1) is 23.8. The molecule has 0 fully saturated rings. The van der Waals surface area contributed by atoms with Crippen LogP contribution < -0.4 is 11.1 Å². The number of hydrogen-bond donors (Lipinski definition) is 2. The number of rotatable bonds is 4. The van der Waals surface area contributed by atoms with E-state index >= 15 is 0 Å². The number of anilines is 1. The summed E-state index contributed by atoms with van der Waals surface area (Å²) in [6, 6.07) is 5.53. The largest absolute Gasteiger partial charge is 0.433 e. The van der Waals surface area contributed by atoms with Crippen molar-refractivity contribution < 1.29 is 27.2 Å². The van der Waals surface area contributed by atoms with Gasteiger partial charge < -0.3 is 11.1 Å². The van der Waals surface area contributed by atoms with E-state index in [0.717, 1.165) is 18.2 Å². The quantitative estimate of drug-likeness (QED) is 0.334. The highest BCUT2D eigenvalue weighted by molar-refractivity contribution is 9.10. The molecule has 176 valence electrons. The van der Waals surface area contributed by atoms with Crippen LogP contribution in [-0.2, 0) is 13.2 Å². The second-order valence-corrected chi connectivity index (χ2v) is 9.03. The highest BCUT2D eigenvalue weighted by Crippen LogP contribution is 2.44. The van der Waals surface area contributed by atoms with Crippen molar-refractivity contribution in [1.82, 2.24) is 14.8 Å². The topological polar surface area (TPSA) is 103 Å². The molecule has 1 aromatic carbocycles. The van der Waals surface area contributed by atoms with Gasteiger partial charge in [0.05, 0.1) is 15.9 Å². The van der Waals surface area contributed by atoms with E-state index in [1.54, 1.807) is 14.0 Å². The molecular weight excluding hydrogens is 542 g/mol. The van der Waals surface area contributed by atoms with Crippen LogP contribution in [-0.4, -0.2) is 26.6 Å². The maximum Gasteiger partial charge on any atom is 0.433 e. The van der Waals surface area contributed by atoms with Crippen LogP contribution in [0.4, 0.5) is 23.2 Å². The number of carbonyl (C=O) groups excluding carboxylic acids is 2. The summed E-state index contributed by atoms with van der Waals surface area (Å²) in [6.07, 6.45) is -4.79. The summed E-state index contributed by atoms with van der Waals surface area (Å²) in [6.45, 7) is 1.72. The number of pyridine rings is 1. The van der Waals surface area contributed by atoms with Gasteiger partial charge in [-0.05, 0) is 52.2 Å². The molecule has 0 spiro atoms. The molecule has 0 atom stereocenters. The van der Waals surface area contributed by atoms with E-state index in [1.165, 1.54) is 16.8 Å². The van der Waals surface area contributed by atoms with E-state index in [-0.39, 0.29) is 37.6 Å². The molecule has 7 nitrogen and oxygen atoms in total. The van der Waals surface area contributed by atoms with Gasteiger partial charge in [0, 0.05) is 12.4 Å². The van der Waals surface area contributed by atoms with Gasteiger partial charge in [0.2, 0.25) is 0 Å². The van der Waals surface area contributed by atoms with Gasteiger partial charge in [-0.2, -0.15) is 18.3 Å². The van der Waals surface area contributed by atoms with Crippen LogP contribution in [0, 0.1) is 12.7 Å². The Labute approximate surface area is 201 Å². The van der Waals surface area contributed by atoms with E-state index in [1.807, 2.05) is 0 Å². The number of hydrogen-bond acceptors (Lipinski definition) is 5. The first-order valence-corrected chi connectivity index (χ1v) is 11.1. The number of carbonyl (C=O) groups is 2. The predicted molar refractivity (Wildman–Crippen MR) is 122 cm³/mol. The van der Waals surface area contributed by atoms with Crippen molar-refractivity contribution in [3.8, 4) is 11.1 Å². The fraction of sp³-hybridized carbons (Fsp3) is 0.143. The molecule has 2 amide bonds. The van der Waals surface area contributed by atoms with Gasteiger partial charge in [-0.25, -0.2) is 9.37 Å². The second-order valence-electron chi connectivity index (χ2n) is 7.24. The molecule has 3 heterocycles. The standard InChI is InChI=1S/C21H14BrF4N5O2S/c1-8-14(22)16(30-31(8)2)19(33)29-15-13-11(9-3-5-10(23)6-4-9)7-12(21(24,25)26)28-20(13)34-17(15)18(27)32/h3-7H,1-2H3,(H2,27,32)(H,29,33). The summed E-state index contributed by atoms with van der Waals surface area (Å²) in [4.78, 5) is 28.5. The first-order chi connectivity index (χ1) is 15.9. The van der Waals surface area contributed by atoms with E-state index in [9.17, 15) is 27.2 Å². The Morgan fingerprint density at radius 1 is 1.21 bits per heavy atom. The summed E-state index contributed by atoms with van der Waals surface area (Å²) in [7, 11) is 1.63. The number of amides is 2. The van der Waals surface area contributed by atoms with Crippen molar-refractivity contribution in [1.29, 1.82) is 0 Å². The summed E-state index contributed by atoms with van der Waals surface area (Å²) < 4.78 is 56.0. The zero-order valence-electron chi connectivity index (χ0n) is 17.4. The molecule has 3 aromatic heterocycles. The normalized spacial score (nSPS) is 11.7. The van der Waals surface area contributed by atoms with Crippen LogP contribution in [0.5, 0.6) is 0 Å². The molecule has 0 unspecified atom stereocenters. The minimum Gasteiger partial charge on any atom is -0.365 e. The summed E-state index contributed by atoms with van der Waals surface area (Å²) in [5.74, 6) is -2.27. The molecule has 0 saturated carbocycles. The monoisotopic (exact) mass is 555 g/mol. The predicted octanol–water partition coefficient (Wildman–Crippen LogP) is 5.28. The fourth-order valence-electron chi connectivity index (χ4n) is 3.29. The number of aryl methyl sites for hydroxylation is 1. The molecule has 4 rings (SSSR count). The maximum atomic E-state index is 13.6. The minimum absolute atomic E-state index is 0.00188. The van der Waals surface area contributed by atoms with E-state index in [4.69, 9.17) is 5.73 Å². The van der Waals surface area contributed by atoms with Crippen LogP contribution in [0.2, 0.25) is 0 Å². The van der Waals surface area contributed by atoms with Crippen molar-refractivity contribution >= 4 is 55.0 Å². The van der Waals surface area contributed by atoms with Gasteiger partial charge in [-0.1, -0.05) is 12.1 Å². The zero-order chi connectivity index (χ0) is 24.9. The Morgan fingerprint density at radius 2 is 1.85 bits per heavy atom. The van der Waals surface area contributed by atoms with Crippen LogP contribution in [0.15, 0.2) is 34.8 Å². The maximum absolute atomic E-state index is 13.6. The summed E-state index contributed by atoms with van der Waals surface area (Å²) >= 11 is 3.90. The fourth-order valence-corrected chi connectivity index (χ4v) is 4.82. The smallest absolute Gasteiger partial charge is 0.365 e. The number of thiophene rings is 1.